The second kappa shape index (κ2) is 7.61. The number of likely N-dealkylation sites (tertiary alicyclic amines) is 1. The lowest BCUT2D eigenvalue weighted by atomic mass is 9.97. The number of aryl methyl sites for hydroxylation is 2. The van der Waals surface area contributed by atoms with E-state index in [1.54, 1.807) is 19.9 Å². The maximum atomic E-state index is 12.2. The minimum absolute atomic E-state index is 0.0525. The van der Waals surface area contributed by atoms with E-state index in [-0.39, 0.29) is 29.1 Å². The van der Waals surface area contributed by atoms with Gasteiger partial charge in [-0.25, -0.2) is 9.78 Å². The average molecular weight is 354 g/mol. The van der Waals surface area contributed by atoms with Gasteiger partial charge in [-0.2, -0.15) is 0 Å². The summed E-state index contributed by atoms with van der Waals surface area (Å²) in [7, 11) is 0. The van der Waals surface area contributed by atoms with Gasteiger partial charge >= 0.3 is 5.97 Å². The van der Waals surface area contributed by atoms with Crippen LogP contribution in [0.15, 0.2) is 6.07 Å². The molecule has 7 nitrogen and oxygen atoms in total. The van der Waals surface area contributed by atoms with Gasteiger partial charge in [0.05, 0.1) is 11.5 Å². The number of rotatable bonds is 4. The third kappa shape index (κ3) is 4.23. The number of piperidine rings is 1. The first kappa shape index (κ1) is 18.2. The third-order valence-corrected chi connectivity index (χ3v) is 4.28. The topological polar surface area (TPSA) is 103 Å². The Labute approximate surface area is 145 Å². The first-order valence-corrected chi connectivity index (χ1v) is 8.05. The van der Waals surface area contributed by atoms with E-state index < -0.39 is 18.5 Å². The Kier molecular flexibility index (Phi) is 5.77. The zero-order valence-corrected chi connectivity index (χ0v) is 14.4. The Bertz CT molecular complexity index is 654. The minimum Gasteiger partial charge on any atom is -0.452 e. The van der Waals surface area contributed by atoms with Crippen LogP contribution < -0.4 is 5.73 Å². The van der Waals surface area contributed by atoms with Gasteiger partial charge in [0.15, 0.2) is 6.61 Å². The molecule has 24 heavy (non-hydrogen) atoms. The molecule has 1 aromatic heterocycles. The van der Waals surface area contributed by atoms with Crippen molar-refractivity contribution >= 4 is 29.4 Å². The van der Waals surface area contributed by atoms with Gasteiger partial charge in [-0.15, -0.1) is 0 Å². The number of aromatic nitrogens is 1. The number of primary amides is 1. The smallest absolute Gasteiger partial charge is 0.342 e. The molecule has 0 spiro atoms. The highest BCUT2D eigenvalue weighted by Crippen LogP contribution is 2.20. The number of hydrogen-bond acceptors (Lipinski definition) is 5. The molecular weight excluding hydrogens is 334 g/mol. The molecule has 1 fully saturated rings. The first-order valence-electron chi connectivity index (χ1n) is 7.67. The number of hydrogen-bond donors (Lipinski definition) is 1. The number of esters is 1. The molecule has 0 saturated carbocycles. The van der Waals surface area contributed by atoms with Crippen molar-refractivity contribution in [3.8, 4) is 0 Å². The number of nitrogens with zero attached hydrogens (tertiary/aromatic N) is 2. The number of halogens is 1. The van der Waals surface area contributed by atoms with E-state index in [1.165, 1.54) is 4.90 Å². The predicted molar refractivity (Wildman–Crippen MR) is 87.5 cm³/mol. The Hall–Kier alpha value is -2.15. The van der Waals surface area contributed by atoms with Crippen molar-refractivity contribution in [2.45, 2.75) is 26.7 Å². The fourth-order valence-electron chi connectivity index (χ4n) is 2.76. The van der Waals surface area contributed by atoms with E-state index in [4.69, 9.17) is 22.1 Å². The van der Waals surface area contributed by atoms with Crippen molar-refractivity contribution in [2.75, 3.05) is 19.7 Å². The lowest BCUT2D eigenvalue weighted by Crippen LogP contribution is -2.45. The van der Waals surface area contributed by atoms with Crippen LogP contribution in [0.4, 0.5) is 0 Å². The van der Waals surface area contributed by atoms with Crippen LogP contribution in [-0.4, -0.2) is 47.4 Å². The lowest BCUT2D eigenvalue weighted by Gasteiger charge is -2.31. The summed E-state index contributed by atoms with van der Waals surface area (Å²) in [5.41, 5.74) is 6.77. The quantitative estimate of drug-likeness (QED) is 0.647. The van der Waals surface area contributed by atoms with Crippen molar-refractivity contribution in [1.29, 1.82) is 0 Å². The molecule has 0 unspecified atom stereocenters. The van der Waals surface area contributed by atoms with Gasteiger partial charge in [-0.05, 0) is 38.3 Å². The van der Waals surface area contributed by atoms with E-state index in [1.807, 2.05) is 0 Å². The van der Waals surface area contributed by atoms with E-state index in [0.29, 0.717) is 30.6 Å². The number of nitrogens with two attached hydrogens (primary N) is 1. The summed E-state index contributed by atoms with van der Waals surface area (Å²) in [6, 6.07) is 1.71. The highest BCUT2D eigenvalue weighted by molar-refractivity contribution is 6.32. The number of amides is 2. The van der Waals surface area contributed by atoms with E-state index in [2.05, 4.69) is 4.98 Å². The Morgan fingerprint density at radius 2 is 2.12 bits per heavy atom. The highest BCUT2D eigenvalue weighted by atomic mass is 35.5. The molecule has 2 rings (SSSR count). The molecule has 1 aromatic rings. The Morgan fingerprint density at radius 1 is 1.42 bits per heavy atom. The summed E-state index contributed by atoms with van der Waals surface area (Å²) in [5, 5.41) is 0.0525. The normalized spacial score (nSPS) is 17.5. The van der Waals surface area contributed by atoms with Gasteiger partial charge in [-0.1, -0.05) is 11.6 Å². The van der Waals surface area contributed by atoms with Crippen LogP contribution in [0.3, 0.4) is 0 Å². The molecule has 2 heterocycles. The molecule has 0 radical (unpaired) electrons. The maximum absolute atomic E-state index is 12.2. The first-order chi connectivity index (χ1) is 11.3. The largest absolute Gasteiger partial charge is 0.452 e. The van der Waals surface area contributed by atoms with Crippen molar-refractivity contribution in [3.63, 3.8) is 0 Å². The monoisotopic (exact) mass is 353 g/mol. The number of pyridine rings is 1. The molecule has 0 aliphatic carbocycles. The Morgan fingerprint density at radius 3 is 2.75 bits per heavy atom. The molecule has 0 bridgehead atoms. The molecule has 0 aromatic carbocycles. The van der Waals surface area contributed by atoms with Crippen molar-refractivity contribution in [2.24, 2.45) is 11.7 Å². The fourth-order valence-corrected chi connectivity index (χ4v) is 3.12. The van der Waals surface area contributed by atoms with Gasteiger partial charge in [0, 0.05) is 18.8 Å². The second-order valence-corrected chi connectivity index (χ2v) is 6.26. The van der Waals surface area contributed by atoms with Crippen LogP contribution in [0, 0.1) is 19.8 Å². The standard InChI is InChI=1S/C16H20ClN3O4/c1-9-6-10(2)19-14(17)13(9)16(23)24-8-12(21)20-5-3-4-11(7-20)15(18)22/h6,11H,3-5,7-8H2,1-2H3,(H2,18,22)/t11-/m0/s1. The number of ether oxygens (including phenoxy) is 1. The number of carbonyl (C=O) groups excluding carboxylic acids is 3. The second-order valence-electron chi connectivity index (χ2n) is 5.90. The summed E-state index contributed by atoms with van der Waals surface area (Å²) in [4.78, 5) is 41.1. The van der Waals surface area contributed by atoms with E-state index >= 15 is 0 Å². The van der Waals surface area contributed by atoms with Gasteiger partial charge in [-0.3, -0.25) is 9.59 Å². The van der Waals surface area contributed by atoms with Crippen LogP contribution in [0.25, 0.3) is 0 Å². The summed E-state index contributed by atoms with van der Waals surface area (Å²) in [6.45, 7) is 3.86. The van der Waals surface area contributed by atoms with Crippen molar-refractivity contribution in [1.82, 2.24) is 9.88 Å². The molecule has 130 valence electrons. The van der Waals surface area contributed by atoms with E-state index in [9.17, 15) is 14.4 Å². The van der Waals surface area contributed by atoms with Crippen LogP contribution >= 0.6 is 11.6 Å². The summed E-state index contributed by atoms with van der Waals surface area (Å²) in [6.07, 6.45) is 1.36. The molecule has 1 saturated heterocycles. The van der Waals surface area contributed by atoms with Gasteiger partial charge in [0.25, 0.3) is 5.91 Å². The average Bonchev–Trinajstić information content (AvgIpc) is 2.51. The van der Waals surface area contributed by atoms with Crippen LogP contribution in [0.1, 0.15) is 34.5 Å². The van der Waals surface area contributed by atoms with Gasteiger partial charge in [0.2, 0.25) is 5.91 Å². The molecule has 2 N–H and O–H groups in total. The fraction of sp³-hybridized carbons (Fsp3) is 0.500. The highest BCUT2D eigenvalue weighted by Gasteiger charge is 2.28. The molecule has 1 atom stereocenters. The predicted octanol–water partition coefficient (Wildman–Crippen LogP) is 1.23. The Balaban J connectivity index is 1.97. The maximum Gasteiger partial charge on any atom is 0.342 e. The van der Waals surface area contributed by atoms with Crippen LogP contribution in [-0.2, 0) is 14.3 Å². The zero-order valence-electron chi connectivity index (χ0n) is 13.7. The third-order valence-electron chi connectivity index (χ3n) is 4.01. The summed E-state index contributed by atoms with van der Waals surface area (Å²) >= 11 is 5.99. The van der Waals surface area contributed by atoms with Crippen molar-refractivity contribution in [3.05, 3.63) is 28.0 Å². The number of carbonyl (C=O) groups is 3. The van der Waals surface area contributed by atoms with Gasteiger partial charge < -0.3 is 15.4 Å². The lowest BCUT2D eigenvalue weighted by molar-refractivity contribution is -0.137. The minimum atomic E-state index is -0.693. The summed E-state index contributed by atoms with van der Waals surface area (Å²) in [5.74, 6) is -1.82. The zero-order chi connectivity index (χ0) is 17.9. The summed E-state index contributed by atoms with van der Waals surface area (Å²) < 4.78 is 5.07. The molecular formula is C16H20ClN3O4. The van der Waals surface area contributed by atoms with E-state index in [0.717, 1.165) is 0 Å². The van der Waals surface area contributed by atoms with Crippen molar-refractivity contribution < 1.29 is 19.1 Å². The SMILES string of the molecule is Cc1cc(C)c(C(=O)OCC(=O)N2CCC[C@H](C(N)=O)C2)c(Cl)n1. The van der Waals surface area contributed by atoms with Crippen LogP contribution in [0.2, 0.25) is 5.15 Å². The molecule has 1 aliphatic heterocycles. The molecule has 2 amide bonds. The molecule has 1 aliphatic rings. The van der Waals surface area contributed by atoms with Crippen LogP contribution in [0.5, 0.6) is 0 Å². The van der Waals surface area contributed by atoms with Gasteiger partial charge in [0.1, 0.15) is 5.15 Å². The molecule has 8 heteroatoms.